The molecule has 0 amide bonds. The molecular formula is C29H36N8. The summed E-state index contributed by atoms with van der Waals surface area (Å²) >= 11 is 0. The summed E-state index contributed by atoms with van der Waals surface area (Å²) in [6, 6.07) is 8.81. The maximum absolute atomic E-state index is 9.09. The molecule has 0 aliphatic heterocycles. The van der Waals surface area contributed by atoms with Gasteiger partial charge >= 0.3 is 0 Å². The van der Waals surface area contributed by atoms with E-state index in [0.717, 1.165) is 73.3 Å². The lowest BCUT2D eigenvalue weighted by atomic mass is 9.95. The van der Waals surface area contributed by atoms with Crippen LogP contribution in [0.15, 0.2) is 43.1 Å². The first kappa shape index (κ1) is 26.2. The fraction of sp³-hybridized carbons (Fsp3) is 0.414. The molecule has 37 heavy (non-hydrogen) atoms. The standard InChI is InChI=1S/C29H36N8/c1-5-37(6-2)13-12-32-29-33-17-22(18-34-29)9-10-24-16-27(28-19-31-20-36(28)4)35-26-14-21(3)23(8-7-11-30)15-25(24)26/h14-20H,5-10,12-13H2,1-4H3,(H,32,33,34). The number of pyridine rings is 1. The van der Waals surface area contributed by atoms with Crippen LogP contribution in [0.5, 0.6) is 0 Å². The molecule has 3 heterocycles. The van der Waals surface area contributed by atoms with Crippen molar-refractivity contribution >= 4 is 16.9 Å². The van der Waals surface area contributed by atoms with Crippen molar-refractivity contribution in [3.8, 4) is 17.5 Å². The molecule has 192 valence electrons. The van der Waals surface area contributed by atoms with Crippen LogP contribution in [0, 0.1) is 18.3 Å². The minimum atomic E-state index is 0.509. The van der Waals surface area contributed by atoms with Crippen LogP contribution in [0.4, 0.5) is 5.95 Å². The first-order valence-electron chi connectivity index (χ1n) is 13.1. The molecule has 1 N–H and O–H groups in total. The summed E-state index contributed by atoms with van der Waals surface area (Å²) in [5.41, 5.74) is 7.55. The maximum atomic E-state index is 9.09. The van der Waals surface area contributed by atoms with Crippen LogP contribution in [0.1, 0.15) is 42.5 Å². The third-order valence-corrected chi connectivity index (χ3v) is 6.93. The van der Waals surface area contributed by atoms with E-state index in [4.69, 9.17) is 10.2 Å². The van der Waals surface area contributed by atoms with Gasteiger partial charge in [0.1, 0.15) is 0 Å². The lowest BCUT2D eigenvalue weighted by Gasteiger charge is -2.17. The molecule has 0 bridgehead atoms. The van der Waals surface area contributed by atoms with E-state index >= 15 is 0 Å². The van der Waals surface area contributed by atoms with Gasteiger partial charge < -0.3 is 14.8 Å². The fourth-order valence-electron chi connectivity index (χ4n) is 4.61. The van der Waals surface area contributed by atoms with Crippen LogP contribution in [0.3, 0.4) is 0 Å². The number of aryl methyl sites for hydroxylation is 5. The number of fused-ring (bicyclic) bond motifs is 1. The number of likely N-dealkylation sites (N-methyl/N-ethyl adjacent to an activating group) is 1. The highest BCUT2D eigenvalue weighted by atomic mass is 15.2. The largest absolute Gasteiger partial charge is 0.353 e. The van der Waals surface area contributed by atoms with E-state index in [1.807, 2.05) is 30.2 Å². The Kier molecular flexibility index (Phi) is 8.81. The van der Waals surface area contributed by atoms with Crippen LogP contribution >= 0.6 is 0 Å². The molecular weight excluding hydrogens is 460 g/mol. The van der Waals surface area contributed by atoms with Crippen molar-refractivity contribution < 1.29 is 0 Å². The van der Waals surface area contributed by atoms with E-state index < -0.39 is 0 Å². The molecule has 0 aliphatic carbocycles. The van der Waals surface area contributed by atoms with Crippen molar-refractivity contribution in [2.75, 3.05) is 31.5 Å². The van der Waals surface area contributed by atoms with Gasteiger partial charge in [-0.3, -0.25) is 0 Å². The van der Waals surface area contributed by atoms with E-state index in [1.54, 1.807) is 6.33 Å². The molecule has 0 radical (unpaired) electrons. The first-order valence-corrected chi connectivity index (χ1v) is 13.1. The number of nitrogens with one attached hydrogen (secondary N) is 1. The zero-order valence-corrected chi connectivity index (χ0v) is 22.3. The fourth-order valence-corrected chi connectivity index (χ4v) is 4.61. The average Bonchev–Trinajstić information content (AvgIpc) is 3.35. The van der Waals surface area contributed by atoms with Gasteiger partial charge in [-0.2, -0.15) is 5.26 Å². The smallest absolute Gasteiger partial charge is 0.222 e. The van der Waals surface area contributed by atoms with Gasteiger partial charge in [0.15, 0.2) is 0 Å². The molecule has 0 saturated carbocycles. The monoisotopic (exact) mass is 496 g/mol. The SMILES string of the molecule is CCN(CC)CCNc1ncc(CCc2cc(-c3cncn3C)nc3cc(C)c(CCC#N)cc23)cn1. The number of nitriles is 1. The summed E-state index contributed by atoms with van der Waals surface area (Å²) in [5.74, 6) is 0.668. The van der Waals surface area contributed by atoms with Crippen molar-refractivity contribution in [3.63, 3.8) is 0 Å². The van der Waals surface area contributed by atoms with Gasteiger partial charge in [0, 0.05) is 44.3 Å². The van der Waals surface area contributed by atoms with Crippen LogP contribution in [0.2, 0.25) is 0 Å². The van der Waals surface area contributed by atoms with E-state index in [9.17, 15) is 0 Å². The number of hydrogen-bond acceptors (Lipinski definition) is 7. The Labute approximate surface area is 219 Å². The Hall–Kier alpha value is -3.83. The molecule has 8 heteroatoms. The average molecular weight is 497 g/mol. The normalized spacial score (nSPS) is 11.2. The number of aromatic nitrogens is 5. The molecule has 0 saturated heterocycles. The van der Waals surface area contributed by atoms with Crippen LogP contribution in [-0.2, 0) is 26.3 Å². The van der Waals surface area contributed by atoms with Gasteiger partial charge in [-0.15, -0.1) is 0 Å². The van der Waals surface area contributed by atoms with E-state index in [0.29, 0.717) is 12.4 Å². The predicted octanol–water partition coefficient (Wildman–Crippen LogP) is 4.73. The zero-order valence-electron chi connectivity index (χ0n) is 22.3. The first-order chi connectivity index (χ1) is 18.0. The number of benzene rings is 1. The predicted molar refractivity (Wildman–Crippen MR) is 148 cm³/mol. The maximum Gasteiger partial charge on any atom is 0.222 e. The van der Waals surface area contributed by atoms with Gasteiger partial charge in [0.05, 0.1) is 35.5 Å². The van der Waals surface area contributed by atoms with Gasteiger partial charge in [0.25, 0.3) is 0 Å². The molecule has 0 fully saturated rings. The summed E-state index contributed by atoms with van der Waals surface area (Å²) < 4.78 is 1.99. The summed E-state index contributed by atoms with van der Waals surface area (Å²) in [6.45, 7) is 10.3. The minimum absolute atomic E-state index is 0.509. The Morgan fingerprint density at radius 2 is 1.78 bits per heavy atom. The van der Waals surface area contributed by atoms with Crippen molar-refractivity contribution in [1.82, 2.24) is 29.4 Å². The molecule has 4 rings (SSSR count). The molecule has 0 spiro atoms. The summed E-state index contributed by atoms with van der Waals surface area (Å²) in [6.07, 6.45) is 10.4. The van der Waals surface area contributed by atoms with E-state index in [-0.39, 0.29) is 0 Å². The minimum Gasteiger partial charge on any atom is -0.353 e. The van der Waals surface area contributed by atoms with Crippen molar-refractivity contribution in [3.05, 3.63) is 65.4 Å². The van der Waals surface area contributed by atoms with E-state index in [2.05, 4.69) is 70.2 Å². The quantitative estimate of drug-likeness (QED) is 0.303. The molecule has 0 unspecified atom stereocenters. The second-order valence-corrected chi connectivity index (χ2v) is 9.38. The zero-order chi connectivity index (χ0) is 26.2. The highest BCUT2D eigenvalue weighted by Gasteiger charge is 2.13. The molecule has 3 aromatic heterocycles. The molecule has 4 aromatic rings. The van der Waals surface area contributed by atoms with Crippen molar-refractivity contribution in [2.45, 2.75) is 46.5 Å². The van der Waals surface area contributed by atoms with Crippen molar-refractivity contribution in [2.24, 2.45) is 7.05 Å². The third-order valence-electron chi connectivity index (χ3n) is 6.93. The lowest BCUT2D eigenvalue weighted by Crippen LogP contribution is -2.28. The molecule has 0 aliphatic rings. The van der Waals surface area contributed by atoms with Crippen LogP contribution in [0.25, 0.3) is 22.3 Å². The highest BCUT2D eigenvalue weighted by molar-refractivity contribution is 5.86. The van der Waals surface area contributed by atoms with Gasteiger partial charge in [0.2, 0.25) is 5.95 Å². The summed E-state index contributed by atoms with van der Waals surface area (Å²) in [5, 5.41) is 13.6. The Bertz CT molecular complexity index is 1360. The second-order valence-electron chi connectivity index (χ2n) is 9.38. The number of imidazole rings is 1. The van der Waals surface area contributed by atoms with Crippen LogP contribution in [-0.4, -0.2) is 55.6 Å². The highest BCUT2D eigenvalue weighted by Crippen LogP contribution is 2.28. The molecule has 0 atom stereocenters. The van der Waals surface area contributed by atoms with Gasteiger partial charge in [-0.25, -0.2) is 19.9 Å². The van der Waals surface area contributed by atoms with Crippen molar-refractivity contribution in [1.29, 1.82) is 5.26 Å². The summed E-state index contributed by atoms with van der Waals surface area (Å²) in [4.78, 5) is 20.7. The summed E-state index contributed by atoms with van der Waals surface area (Å²) in [7, 11) is 1.99. The molecule has 1 aromatic carbocycles. The lowest BCUT2D eigenvalue weighted by molar-refractivity contribution is 0.316. The van der Waals surface area contributed by atoms with Crippen LogP contribution < -0.4 is 5.32 Å². The topological polar surface area (TPSA) is 95.5 Å². The molecule has 8 nitrogen and oxygen atoms in total. The number of nitrogens with zero attached hydrogens (tertiary/aromatic N) is 7. The third kappa shape index (κ3) is 6.49. The Balaban J connectivity index is 1.55. The number of rotatable bonds is 12. The van der Waals surface area contributed by atoms with Gasteiger partial charge in [-0.1, -0.05) is 13.8 Å². The Morgan fingerprint density at radius 3 is 2.46 bits per heavy atom. The second kappa shape index (κ2) is 12.4. The number of anilines is 1. The Morgan fingerprint density at radius 1 is 1.00 bits per heavy atom. The van der Waals surface area contributed by atoms with Gasteiger partial charge in [-0.05, 0) is 79.7 Å². The van der Waals surface area contributed by atoms with E-state index in [1.165, 1.54) is 16.7 Å². The number of hydrogen-bond donors (Lipinski definition) is 1.